The smallest absolute Gasteiger partial charge is 0.290 e. The number of amides is 2. The summed E-state index contributed by atoms with van der Waals surface area (Å²) in [6, 6.07) is 9.23. The van der Waals surface area contributed by atoms with Gasteiger partial charge < -0.3 is 4.74 Å². The van der Waals surface area contributed by atoms with Crippen LogP contribution in [0.3, 0.4) is 0 Å². The van der Waals surface area contributed by atoms with Crippen LogP contribution in [0.15, 0.2) is 47.3 Å². The molecular formula is C22H22F2N4O4. The number of rotatable bonds is 8. The molecule has 10 heteroatoms. The number of carbonyl (C=O) groups is 2. The number of hydrogen-bond donors (Lipinski definition) is 2. The number of carbonyl (C=O) groups excluding carboxylic acids is 2. The number of hydrazine groups is 1. The Morgan fingerprint density at radius 3 is 2.53 bits per heavy atom. The third-order valence-electron chi connectivity index (χ3n) is 4.62. The maximum atomic E-state index is 13.6. The second-order valence-corrected chi connectivity index (χ2v) is 7.00. The standard InChI is InChI=1S/C22H22F2N4O4/c1-2-3-6-11-28-22(31)16-8-5-4-7-15(16)20(27-28)21(30)26-25-19(29)13-32-18-10-9-14(23)12-17(18)24/h4-5,7-10,12H,2-3,6,11,13H2,1H3,(H,25,29)(H,26,30). The van der Waals surface area contributed by atoms with Gasteiger partial charge in [-0.05, 0) is 24.6 Å². The van der Waals surface area contributed by atoms with Crippen LogP contribution in [0.2, 0.25) is 0 Å². The molecule has 0 unspecified atom stereocenters. The fourth-order valence-electron chi connectivity index (χ4n) is 3.02. The number of benzene rings is 2. The molecule has 32 heavy (non-hydrogen) atoms. The number of ether oxygens (including phenoxy) is 1. The topological polar surface area (TPSA) is 102 Å². The Morgan fingerprint density at radius 1 is 1.06 bits per heavy atom. The molecule has 0 saturated carbocycles. The molecule has 0 aliphatic heterocycles. The van der Waals surface area contributed by atoms with E-state index in [1.54, 1.807) is 24.3 Å². The largest absolute Gasteiger partial charge is 0.481 e. The van der Waals surface area contributed by atoms with E-state index >= 15 is 0 Å². The SMILES string of the molecule is CCCCCn1nc(C(=O)NNC(=O)COc2ccc(F)cc2F)c2ccccc2c1=O. The Bertz CT molecular complexity index is 1200. The molecule has 0 spiro atoms. The number of fused-ring (bicyclic) bond motifs is 1. The molecule has 8 nitrogen and oxygen atoms in total. The molecule has 1 heterocycles. The highest BCUT2D eigenvalue weighted by Gasteiger charge is 2.17. The van der Waals surface area contributed by atoms with Crippen molar-refractivity contribution < 1.29 is 23.1 Å². The summed E-state index contributed by atoms with van der Waals surface area (Å²) in [6.45, 7) is 1.78. The number of halogens is 2. The van der Waals surface area contributed by atoms with Gasteiger partial charge in [-0.1, -0.05) is 38.0 Å². The van der Waals surface area contributed by atoms with Crippen LogP contribution in [-0.4, -0.2) is 28.2 Å². The molecule has 2 N–H and O–H groups in total. The second-order valence-electron chi connectivity index (χ2n) is 7.00. The minimum Gasteiger partial charge on any atom is -0.481 e. The molecular weight excluding hydrogens is 422 g/mol. The second kappa shape index (κ2) is 10.5. The Balaban J connectivity index is 1.69. The van der Waals surface area contributed by atoms with Crippen LogP contribution in [-0.2, 0) is 11.3 Å². The molecule has 3 aromatic rings. The Labute approximate surface area is 182 Å². The third-order valence-corrected chi connectivity index (χ3v) is 4.62. The van der Waals surface area contributed by atoms with E-state index in [4.69, 9.17) is 4.74 Å². The zero-order valence-electron chi connectivity index (χ0n) is 17.4. The van der Waals surface area contributed by atoms with Gasteiger partial charge in [0.05, 0.1) is 5.39 Å². The van der Waals surface area contributed by atoms with Crippen LogP contribution >= 0.6 is 0 Å². The van der Waals surface area contributed by atoms with Gasteiger partial charge >= 0.3 is 0 Å². The fourth-order valence-corrected chi connectivity index (χ4v) is 3.02. The van der Waals surface area contributed by atoms with E-state index in [9.17, 15) is 23.2 Å². The molecule has 2 aromatic carbocycles. The predicted molar refractivity (Wildman–Crippen MR) is 113 cm³/mol. The number of nitrogens with one attached hydrogen (secondary N) is 2. The van der Waals surface area contributed by atoms with Crippen molar-refractivity contribution in [1.29, 1.82) is 0 Å². The first kappa shape index (κ1) is 22.9. The molecule has 168 valence electrons. The van der Waals surface area contributed by atoms with Crippen LogP contribution < -0.4 is 21.1 Å². The average molecular weight is 444 g/mol. The van der Waals surface area contributed by atoms with Crippen LogP contribution in [0.5, 0.6) is 5.75 Å². The summed E-state index contributed by atoms with van der Waals surface area (Å²) in [5.41, 5.74) is 4.04. The summed E-state index contributed by atoms with van der Waals surface area (Å²) in [7, 11) is 0. The third kappa shape index (κ3) is 5.45. The highest BCUT2D eigenvalue weighted by Crippen LogP contribution is 2.17. The van der Waals surface area contributed by atoms with E-state index in [0.29, 0.717) is 23.4 Å². The van der Waals surface area contributed by atoms with Crippen LogP contribution in [0.4, 0.5) is 8.78 Å². The molecule has 3 rings (SSSR count). The first-order chi connectivity index (χ1) is 15.4. The van der Waals surface area contributed by atoms with Gasteiger partial charge in [0.15, 0.2) is 23.9 Å². The minimum atomic E-state index is -0.956. The molecule has 0 saturated heterocycles. The number of aromatic nitrogens is 2. The summed E-state index contributed by atoms with van der Waals surface area (Å²) in [5, 5.41) is 4.87. The molecule has 1 aromatic heterocycles. The monoisotopic (exact) mass is 444 g/mol. The number of hydrogen-bond acceptors (Lipinski definition) is 5. The van der Waals surface area contributed by atoms with Crippen molar-refractivity contribution in [2.75, 3.05) is 6.61 Å². The van der Waals surface area contributed by atoms with Crippen molar-refractivity contribution in [1.82, 2.24) is 20.6 Å². The van der Waals surface area contributed by atoms with Crippen molar-refractivity contribution in [3.63, 3.8) is 0 Å². The highest BCUT2D eigenvalue weighted by molar-refractivity contribution is 6.05. The lowest BCUT2D eigenvalue weighted by atomic mass is 10.1. The van der Waals surface area contributed by atoms with Crippen LogP contribution in [0, 0.1) is 11.6 Å². The maximum absolute atomic E-state index is 13.6. The summed E-state index contributed by atoms with van der Waals surface area (Å²) in [5.74, 6) is -3.54. The lowest BCUT2D eigenvalue weighted by molar-refractivity contribution is -0.123. The van der Waals surface area contributed by atoms with Gasteiger partial charge in [0, 0.05) is 18.0 Å². The van der Waals surface area contributed by atoms with Crippen molar-refractivity contribution in [2.45, 2.75) is 32.7 Å². The van der Waals surface area contributed by atoms with Gasteiger partial charge in [0.25, 0.3) is 17.4 Å². The van der Waals surface area contributed by atoms with Gasteiger partial charge in [-0.2, -0.15) is 5.10 Å². The molecule has 0 aliphatic carbocycles. The first-order valence-electron chi connectivity index (χ1n) is 10.1. The van der Waals surface area contributed by atoms with Crippen LogP contribution in [0.25, 0.3) is 10.8 Å². The molecule has 2 amide bonds. The van der Waals surface area contributed by atoms with Crippen LogP contribution in [0.1, 0.15) is 36.7 Å². The van der Waals surface area contributed by atoms with E-state index < -0.39 is 30.1 Å². The van der Waals surface area contributed by atoms with Crippen molar-refractivity contribution in [2.24, 2.45) is 0 Å². The van der Waals surface area contributed by atoms with Gasteiger partial charge in [-0.15, -0.1) is 0 Å². The molecule has 0 bridgehead atoms. The number of unbranched alkanes of at least 4 members (excludes halogenated alkanes) is 2. The van der Waals surface area contributed by atoms with Gasteiger partial charge in [0.2, 0.25) is 0 Å². The number of aryl methyl sites for hydroxylation is 1. The van der Waals surface area contributed by atoms with Gasteiger partial charge in [0.1, 0.15) is 5.82 Å². The van der Waals surface area contributed by atoms with Crippen molar-refractivity contribution >= 4 is 22.6 Å². The molecule has 0 aliphatic rings. The van der Waals surface area contributed by atoms with E-state index in [1.807, 2.05) is 6.92 Å². The van der Waals surface area contributed by atoms with E-state index in [2.05, 4.69) is 16.0 Å². The Kier molecular flexibility index (Phi) is 7.48. The summed E-state index contributed by atoms with van der Waals surface area (Å²) < 4.78 is 32.7. The quantitative estimate of drug-likeness (QED) is 0.411. The Morgan fingerprint density at radius 2 is 1.81 bits per heavy atom. The van der Waals surface area contributed by atoms with Gasteiger partial charge in [-0.3, -0.25) is 25.2 Å². The lowest BCUT2D eigenvalue weighted by Gasteiger charge is -2.12. The zero-order chi connectivity index (χ0) is 23.1. The van der Waals surface area contributed by atoms with E-state index in [0.717, 1.165) is 31.4 Å². The van der Waals surface area contributed by atoms with Crippen molar-refractivity contribution in [3.05, 3.63) is 70.1 Å². The Hall–Kier alpha value is -3.82. The van der Waals surface area contributed by atoms with Gasteiger partial charge in [-0.25, -0.2) is 13.5 Å². The average Bonchev–Trinajstić information content (AvgIpc) is 2.78. The molecule has 0 radical (unpaired) electrons. The van der Waals surface area contributed by atoms with E-state index in [-0.39, 0.29) is 17.0 Å². The maximum Gasteiger partial charge on any atom is 0.290 e. The lowest BCUT2D eigenvalue weighted by Crippen LogP contribution is -2.44. The summed E-state index contributed by atoms with van der Waals surface area (Å²) >= 11 is 0. The summed E-state index contributed by atoms with van der Waals surface area (Å²) in [6.07, 6.45) is 2.61. The number of nitrogens with zero attached hydrogens (tertiary/aromatic N) is 2. The predicted octanol–water partition coefficient (Wildman–Crippen LogP) is 2.70. The molecule has 0 atom stereocenters. The minimum absolute atomic E-state index is 0.0255. The van der Waals surface area contributed by atoms with Crippen molar-refractivity contribution in [3.8, 4) is 5.75 Å². The van der Waals surface area contributed by atoms with E-state index in [1.165, 1.54) is 4.68 Å². The molecule has 0 fully saturated rings. The first-order valence-corrected chi connectivity index (χ1v) is 10.1. The highest BCUT2D eigenvalue weighted by atomic mass is 19.1. The summed E-state index contributed by atoms with van der Waals surface area (Å²) in [4.78, 5) is 37.3. The normalized spacial score (nSPS) is 10.7. The fraction of sp³-hybridized carbons (Fsp3) is 0.273. The zero-order valence-corrected chi connectivity index (χ0v) is 17.4.